The molecule has 0 fully saturated rings. The van der Waals surface area contributed by atoms with E-state index in [2.05, 4.69) is 30.6 Å². The lowest BCUT2D eigenvalue weighted by Crippen LogP contribution is -2.49. The van der Waals surface area contributed by atoms with Crippen molar-refractivity contribution in [3.8, 4) is 0 Å². The third-order valence-corrected chi connectivity index (χ3v) is 12.3. The maximum absolute atomic E-state index is 13.8. The fourth-order valence-electron chi connectivity index (χ4n) is 7.86. The molecule has 11 N–H and O–H groups in total. The monoisotopic (exact) mass is 1050 g/mol. The number of hydroxylamine groups is 6. The summed E-state index contributed by atoms with van der Waals surface area (Å²) in [6, 6.07) is 4.41. The molecular weight excluding hydrogens is 979 g/mol. The summed E-state index contributed by atoms with van der Waals surface area (Å²) >= 11 is 0. The Kier molecular flexibility index (Phi) is 26.5. The first-order valence-corrected chi connectivity index (χ1v) is 24.9. The van der Waals surface area contributed by atoms with Gasteiger partial charge in [-0.25, -0.2) is 25.2 Å². The van der Waals surface area contributed by atoms with Gasteiger partial charge < -0.3 is 37.5 Å². The van der Waals surface area contributed by atoms with Crippen LogP contribution in [0.2, 0.25) is 0 Å². The third kappa shape index (κ3) is 22.4. The van der Waals surface area contributed by atoms with Gasteiger partial charge in [0, 0.05) is 96.7 Å². The number of ether oxygens (including phenoxy) is 1. The first-order chi connectivity index (χ1) is 35.6. The molecule has 2 aromatic heterocycles. The Labute approximate surface area is 435 Å². The van der Waals surface area contributed by atoms with Crippen LogP contribution in [0.3, 0.4) is 0 Å². The molecule has 5 amide bonds. The SMILES string of the molecule is CC(=O)N(O)CCC[C@H](CC(=O)[C@H](CCCN(O)C(C)=O)NC(=O)[C@@H](N)CCCN(O)C(C)=O)C(=O)CCCCCCCC(=O)CC[C@@H](NC(=O)c1ccc(N(C)Cc2cnc3nc(N)nc(N)c3n2)cc1)OC=O. The minimum atomic E-state index is -1.15. The number of Topliss-reactive ketones (excluding diaryl/α,β-unsaturated/α-hetero) is 3. The number of nitrogens with two attached hydrogens (primary N) is 3. The number of nitrogens with one attached hydrogen (secondary N) is 2. The van der Waals surface area contributed by atoms with Gasteiger partial charge in [0.25, 0.3) is 12.4 Å². The number of unbranched alkanes of at least 4 members (excludes halogenated alkanes) is 4. The zero-order chi connectivity index (χ0) is 55.6. The summed E-state index contributed by atoms with van der Waals surface area (Å²) in [6.45, 7) is 3.74. The number of benzene rings is 1. The number of hydrogen-bond acceptors (Lipinski definition) is 21. The van der Waals surface area contributed by atoms with Gasteiger partial charge in [0.05, 0.1) is 30.5 Å². The van der Waals surface area contributed by atoms with Crippen molar-refractivity contribution in [2.45, 2.75) is 148 Å². The number of rotatable bonds is 36. The van der Waals surface area contributed by atoms with Gasteiger partial charge in [0.1, 0.15) is 11.6 Å². The number of carbonyl (C=O) groups excluding carboxylic acids is 9. The lowest BCUT2D eigenvalue weighted by atomic mass is 9.87. The van der Waals surface area contributed by atoms with E-state index in [1.807, 2.05) is 11.9 Å². The van der Waals surface area contributed by atoms with Crippen LogP contribution in [-0.2, 0) is 49.6 Å². The number of ketones is 3. The van der Waals surface area contributed by atoms with E-state index in [-0.39, 0.29) is 126 Å². The van der Waals surface area contributed by atoms with Crippen LogP contribution in [0.5, 0.6) is 0 Å². The minimum Gasteiger partial charge on any atom is -0.444 e. The van der Waals surface area contributed by atoms with Crippen LogP contribution in [0.15, 0.2) is 30.5 Å². The second-order valence-corrected chi connectivity index (χ2v) is 18.3. The lowest BCUT2D eigenvalue weighted by molar-refractivity contribution is -0.163. The first kappa shape index (κ1) is 62.0. The van der Waals surface area contributed by atoms with Crippen LogP contribution >= 0.6 is 0 Å². The highest BCUT2D eigenvalue weighted by atomic mass is 16.5. The molecule has 75 heavy (non-hydrogen) atoms. The van der Waals surface area contributed by atoms with Crippen molar-refractivity contribution in [1.29, 1.82) is 0 Å². The zero-order valence-electron chi connectivity index (χ0n) is 43.1. The first-order valence-electron chi connectivity index (χ1n) is 24.9. The van der Waals surface area contributed by atoms with Gasteiger partial charge in [-0.3, -0.25) is 58.8 Å². The molecule has 26 heteroatoms. The number of aromatic nitrogens is 4. The second-order valence-electron chi connectivity index (χ2n) is 18.3. The highest BCUT2D eigenvalue weighted by Crippen LogP contribution is 2.22. The molecule has 2 heterocycles. The molecule has 1 aromatic carbocycles. The van der Waals surface area contributed by atoms with Gasteiger partial charge in [0.2, 0.25) is 29.6 Å². The van der Waals surface area contributed by atoms with E-state index in [1.165, 1.54) is 13.8 Å². The minimum absolute atomic E-state index is 0.00623. The fraction of sp³-hybridized carbons (Fsp3) is 0.571. The van der Waals surface area contributed by atoms with E-state index in [9.17, 15) is 58.8 Å². The normalized spacial score (nSPS) is 12.6. The third-order valence-electron chi connectivity index (χ3n) is 12.3. The van der Waals surface area contributed by atoms with Gasteiger partial charge >= 0.3 is 0 Å². The van der Waals surface area contributed by atoms with Gasteiger partial charge in [0.15, 0.2) is 29.0 Å². The summed E-state index contributed by atoms with van der Waals surface area (Å²) in [5, 5.41) is 36.2. The number of anilines is 3. The topological polar surface area (TPSA) is 390 Å². The lowest BCUT2D eigenvalue weighted by Gasteiger charge is -2.24. The smallest absolute Gasteiger partial charge is 0.295 e. The van der Waals surface area contributed by atoms with Crippen LogP contribution in [0.25, 0.3) is 11.2 Å². The molecule has 0 bridgehead atoms. The maximum atomic E-state index is 13.8. The molecule has 0 spiro atoms. The predicted molar refractivity (Wildman–Crippen MR) is 271 cm³/mol. The van der Waals surface area contributed by atoms with Crippen molar-refractivity contribution in [2.24, 2.45) is 11.7 Å². The summed E-state index contributed by atoms with van der Waals surface area (Å²) in [5.41, 5.74) is 19.9. The van der Waals surface area contributed by atoms with E-state index >= 15 is 0 Å². The number of carbonyl (C=O) groups is 9. The molecule has 0 aliphatic rings. The van der Waals surface area contributed by atoms with Crippen molar-refractivity contribution in [2.75, 3.05) is 43.0 Å². The molecule has 412 valence electrons. The average molecular weight is 1050 g/mol. The molecule has 3 rings (SSSR count). The van der Waals surface area contributed by atoms with Crippen LogP contribution in [0.4, 0.5) is 17.5 Å². The molecule has 0 radical (unpaired) electrons. The van der Waals surface area contributed by atoms with Gasteiger partial charge in [-0.1, -0.05) is 19.3 Å². The van der Waals surface area contributed by atoms with Crippen molar-refractivity contribution in [3.05, 3.63) is 41.7 Å². The number of hydrogen-bond donors (Lipinski definition) is 8. The van der Waals surface area contributed by atoms with E-state index in [1.54, 1.807) is 30.5 Å². The standard InChI is InChI=1S/C49H73N13O13/c1-31(64)60(72)24-10-13-35(27-42(69)40(16-12-26-62(74)33(3)66)55-48(71)39(50)15-11-25-61(73)32(2)65)41(68)17-9-7-5-6-8-14-38(67)22-23-43(75-30-63)56-47(70)34-18-20-37(21-19-34)59(4)29-36-28-53-46-44(54-36)45(51)57-49(52)58-46/h18-21,28,30,35,39-40,43,72-74H,5-17,22-27,29,50H2,1-4H3,(H,55,71)(H,56,70)(H4,51,52,53,57,58)/t35-,39+,40+,43+/m1/s1. The van der Waals surface area contributed by atoms with Crippen LogP contribution < -0.4 is 32.7 Å². The molecule has 0 saturated carbocycles. The molecule has 0 saturated heterocycles. The molecule has 0 unspecified atom stereocenters. The van der Waals surface area contributed by atoms with Crippen molar-refractivity contribution in [3.63, 3.8) is 0 Å². The highest BCUT2D eigenvalue weighted by molar-refractivity contribution is 5.95. The zero-order valence-corrected chi connectivity index (χ0v) is 43.1. The van der Waals surface area contributed by atoms with E-state index in [4.69, 9.17) is 21.9 Å². The quantitative estimate of drug-likeness (QED) is 0.0136. The molecule has 26 nitrogen and oxygen atoms in total. The Morgan fingerprint density at radius 1 is 0.693 bits per heavy atom. The highest BCUT2D eigenvalue weighted by Gasteiger charge is 2.29. The summed E-state index contributed by atoms with van der Waals surface area (Å²) in [5.74, 6) is -4.56. The Balaban J connectivity index is 1.47. The summed E-state index contributed by atoms with van der Waals surface area (Å²) in [7, 11) is 1.83. The van der Waals surface area contributed by atoms with Crippen LogP contribution in [0.1, 0.15) is 140 Å². The van der Waals surface area contributed by atoms with E-state index < -0.39 is 59.5 Å². The molecule has 3 aromatic rings. The number of fused-ring (bicyclic) bond motifs is 1. The van der Waals surface area contributed by atoms with Gasteiger partial charge in [-0.2, -0.15) is 9.97 Å². The number of nitrogen functional groups attached to an aromatic ring is 2. The Morgan fingerprint density at radius 3 is 1.87 bits per heavy atom. The van der Waals surface area contributed by atoms with Crippen molar-refractivity contribution in [1.82, 2.24) is 45.8 Å². The van der Waals surface area contributed by atoms with E-state index in [0.717, 1.165) is 12.6 Å². The van der Waals surface area contributed by atoms with Crippen LogP contribution in [0, 0.1) is 5.92 Å². The number of nitrogens with zero attached hydrogens (tertiary/aromatic N) is 8. The largest absolute Gasteiger partial charge is 0.444 e. The van der Waals surface area contributed by atoms with Crippen molar-refractivity contribution < 1.29 is 63.5 Å². The molecular formula is C49H73N13O13. The summed E-state index contributed by atoms with van der Waals surface area (Å²) in [4.78, 5) is 131. The molecule has 4 atom stereocenters. The molecule has 0 aliphatic heterocycles. The second kappa shape index (κ2) is 32.1. The average Bonchev–Trinajstić information content (AvgIpc) is 3.36. The van der Waals surface area contributed by atoms with Gasteiger partial charge in [-0.05, 0) is 75.6 Å². The Hall–Kier alpha value is -7.29. The van der Waals surface area contributed by atoms with E-state index in [0.29, 0.717) is 70.6 Å². The molecule has 0 aliphatic carbocycles. The van der Waals surface area contributed by atoms with Crippen molar-refractivity contribution >= 4 is 82.0 Å². The summed E-state index contributed by atoms with van der Waals surface area (Å²) < 4.78 is 5.08. The summed E-state index contributed by atoms with van der Waals surface area (Å²) in [6.07, 6.45) is 4.40. The Bertz CT molecular complexity index is 2410. The predicted octanol–water partition coefficient (Wildman–Crippen LogP) is 2.54. The van der Waals surface area contributed by atoms with Gasteiger partial charge in [-0.15, -0.1) is 0 Å². The Morgan fingerprint density at radius 2 is 1.27 bits per heavy atom. The number of amides is 5. The maximum Gasteiger partial charge on any atom is 0.295 e. The van der Waals surface area contributed by atoms with Crippen LogP contribution in [-0.4, -0.2) is 149 Å². The fourth-order valence-corrected chi connectivity index (χ4v) is 7.86.